The third kappa shape index (κ3) is 2.83. The molecule has 1 N–H and O–H groups in total. The van der Waals surface area contributed by atoms with Gasteiger partial charge in [0.1, 0.15) is 5.54 Å². The van der Waals surface area contributed by atoms with Crippen LogP contribution in [0.2, 0.25) is 0 Å². The number of ether oxygens (including phenoxy) is 2. The number of nitrogens with one attached hydrogen (secondary N) is 1. The molecule has 2 aliphatic rings. The average molecular weight is 273 g/mol. The van der Waals surface area contributed by atoms with Crippen LogP contribution in [0.1, 0.15) is 32.6 Å². The average Bonchev–Trinajstić information content (AvgIpc) is 2.90. The zero-order chi connectivity index (χ0) is 13.0. The van der Waals surface area contributed by atoms with Gasteiger partial charge < -0.3 is 9.47 Å². The van der Waals surface area contributed by atoms with E-state index < -0.39 is 5.54 Å². The van der Waals surface area contributed by atoms with Gasteiger partial charge in [0.25, 0.3) is 0 Å². The van der Waals surface area contributed by atoms with Gasteiger partial charge in [-0.25, -0.2) is 0 Å². The van der Waals surface area contributed by atoms with Gasteiger partial charge in [0, 0.05) is 18.4 Å². The fourth-order valence-corrected chi connectivity index (χ4v) is 4.06. The monoisotopic (exact) mass is 273 g/mol. The maximum atomic E-state index is 12.2. The summed E-state index contributed by atoms with van der Waals surface area (Å²) in [4.78, 5) is 12.2. The number of carbonyl (C=O) groups excluding carboxylic acids is 1. The van der Waals surface area contributed by atoms with Crippen molar-refractivity contribution in [1.29, 1.82) is 0 Å². The topological polar surface area (TPSA) is 47.6 Å². The summed E-state index contributed by atoms with van der Waals surface area (Å²) in [5.74, 6) is 1.00. The summed E-state index contributed by atoms with van der Waals surface area (Å²) in [6, 6.07) is 0. The molecule has 3 atom stereocenters. The van der Waals surface area contributed by atoms with Crippen LogP contribution in [0.25, 0.3) is 0 Å². The smallest absolute Gasteiger partial charge is 0.327 e. The SMILES string of the molecule is COC(=O)C1(NCC2CCCO2)CCCSC1C. The lowest BCUT2D eigenvalue weighted by Crippen LogP contribution is -2.61. The Morgan fingerprint density at radius 3 is 3.00 bits per heavy atom. The molecule has 4 nitrogen and oxygen atoms in total. The molecule has 0 amide bonds. The number of hydrogen-bond acceptors (Lipinski definition) is 5. The fraction of sp³-hybridized carbons (Fsp3) is 0.923. The van der Waals surface area contributed by atoms with Crippen LogP contribution >= 0.6 is 11.8 Å². The predicted octanol–water partition coefficient (Wildman–Crippen LogP) is 1.58. The minimum Gasteiger partial charge on any atom is -0.468 e. The number of esters is 1. The molecule has 0 aliphatic carbocycles. The van der Waals surface area contributed by atoms with Crippen molar-refractivity contribution >= 4 is 17.7 Å². The molecule has 0 saturated carbocycles. The third-order valence-electron chi connectivity index (χ3n) is 4.00. The Labute approximate surface area is 113 Å². The summed E-state index contributed by atoms with van der Waals surface area (Å²) in [7, 11) is 1.48. The molecule has 0 aromatic heterocycles. The van der Waals surface area contributed by atoms with Crippen molar-refractivity contribution in [2.75, 3.05) is 26.0 Å². The quantitative estimate of drug-likeness (QED) is 0.788. The van der Waals surface area contributed by atoms with Crippen LogP contribution in [-0.2, 0) is 14.3 Å². The summed E-state index contributed by atoms with van der Waals surface area (Å²) in [5.41, 5.74) is -0.524. The van der Waals surface area contributed by atoms with Crippen molar-refractivity contribution in [2.45, 2.75) is 49.5 Å². The van der Waals surface area contributed by atoms with Crippen molar-refractivity contribution in [2.24, 2.45) is 0 Å². The lowest BCUT2D eigenvalue weighted by molar-refractivity contribution is -0.149. The van der Waals surface area contributed by atoms with Gasteiger partial charge in [-0.05, 0) is 31.4 Å². The Kier molecular flexibility index (Phi) is 4.92. The predicted molar refractivity (Wildman–Crippen MR) is 72.9 cm³/mol. The van der Waals surface area contributed by atoms with Crippen LogP contribution in [0.3, 0.4) is 0 Å². The second kappa shape index (κ2) is 6.26. The first-order valence-electron chi connectivity index (χ1n) is 6.75. The highest BCUT2D eigenvalue weighted by molar-refractivity contribution is 8.00. The number of thioether (sulfide) groups is 1. The molecule has 2 aliphatic heterocycles. The molecule has 0 radical (unpaired) electrons. The maximum Gasteiger partial charge on any atom is 0.327 e. The van der Waals surface area contributed by atoms with Gasteiger partial charge in [-0.15, -0.1) is 0 Å². The molecular weight excluding hydrogens is 250 g/mol. The molecule has 0 bridgehead atoms. The summed E-state index contributed by atoms with van der Waals surface area (Å²) in [6.45, 7) is 3.71. The van der Waals surface area contributed by atoms with Gasteiger partial charge in [0.2, 0.25) is 0 Å². The molecule has 2 rings (SSSR count). The molecule has 0 aromatic rings. The van der Waals surface area contributed by atoms with Gasteiger partial charge in [0.05, 0.1) is 13.2 Å². The standard InChI is InChI=1S/C13H23NO3S/c1-10-13(12(15)16-2,6-4-8-18-10)14-9-11-5-3-7-17-11/h10-11,14H,3-9H2,1-2H3. The first kappa shape index (κ1) is 14.2. The van der Waals surface area contributed by atoms with Crippen LogP contribution in [-0.4, -0.2) is 48.9 Å². The summed E-state index contributed by atoms with van der Waals surface area (Å²) in [5, 5.41) is 3.71. The van der Waals surface area contributed by atoms with E-state index >= 15 is 0 Å². The lowest BCUT2D eigenvalue weighted by atomic mass is 9.89. The van der Waals surface area contributed by atoms with Gasteiger partial charge >= 0.3 is 5.97 Å². The molecular formula is C13H23NO3S. The van der Waals surface area contributed by atoms with E-state index in [-0.39, 0.29) is 17.3 Å². The second-order valence-electron chi connectivity index (χ2n) is 5.10. The highest BCUT2D eigenvalue weighted by atomic mass is 32.2. The van der Waals surface area contributed by atoms with E-state index in [1.807, 2.05) is 11.8 Å². The van der Waals surface area contributed by atoms with Crippen LogP contribution in [0.5, 0.6) is 0 Å². The Morgan fingerprint density at radius 2 is 2.39 bits per heavy atom. The first-order chi connectivity index (χ1) is 8.69. The van der Waals surface area contributed by atoms with Crippen LogP contribution < -0.4 is 5.32 Å². The van der Waals surface area contributed by atoms with E-state index in [9.17, 15) is 4.79 Å². The van der Waals surface area contributed by atoms with Crippen molar-refractivity contribution in [1.82, 2.24) is 5.32 Å². The fourth-order valence-electron chi connectivity index (χ4n) is 2.81. The molecule has 2 saturated heterocycles. The van der Waals surface area contributed by atoms with E-state index in [0.717, 1.165) is 44.6 Å². The second-order valence-corrected chi connectivity index (χ2v) is 6.54. The zero-order valence-corrected chi connectivity index (χ0v) is 12.1. The van der Waals surface area contributed by atoms with Crippen LogP contribution in [0.15, 0.2) is 0 Å². The molecule has 5 heteroatoms. The first-order valence-corrected chi connectivity index (χ1v) is 7.80. The number of methoxy groups -OCH3 is 1. The lowest BCUT2D eigenvalue weighted by Gasteiger charge is -2.40. The largest absolute Gasteiger partial charge is 0.468 e. The third-order valence-corrected chi connectivity index (χ3v) is 5.42. The number of rotatable bonds is 4. The molecule has 0 spiro atoms. The zero-order valence-electron chi connectivity index (χ0n) is 11.2. The highest BCUT2D eigenvalue weighted by Gasteiger charge is 2.46. The minimum absolute atomic E-state index is 0.125. The van der Waals surface area contributed by atoms with Crippen molar-refractivity contribution in [3.05, 3.63) is 0 Å². The van der Waals surface area contributed by atoms with Crippen LogP contribution in [0.4, 0.5) is 0 Å². The van der Waals surface area contributed by atoms with E-state index in [2.05, 4.69) is 12.2 Å². The van der Waals surface area contributed by atoms with Gasteiger partial charge in [-0.1, -0.05) is 6.92 Å². The highest BCUT2D eigenvalue weighted by Crippen LogP contribution is 2.35. The molecule has 2 heterocycles. The van der Waals surface area contributed by atoms with Crippen LogP contribution in [0, 0.1) is 0 Å². The van der Waals surface area contributed by atoms with Crippen molar-refractivity contribution in [3.8, 4) is 0 Å². The maximum absolute atomic E-state index is 12.2. The van der Waals surface area contributed by atoms with E-state index in [4.69, 9.17) is 9.47 Å². The van der Waals surface area contributed by atoms with E-state index in [1.165, 1.54) is 7.11 Å². The van der Waals surface area contributed by atoms with Gasteiger partial charge in [-0.2, -0.15) is 11.8 Å². The summed E-state index contributed by atoms with van der Waals surface area (Å²) < 4.78 is 10.6. The van der Waals surface area contributed by atoms with Crippen molar-refractivity contribution in [3.63, 3.8) is 0 Å². The Hall–Kier alpha value is -0.260. The normalized spacial score (nSPS) is 36.6. The Morgan fingerprint density at radius 1 is 1.56 bits per heavy atom. The van der Waals surface area contributed by atoms with Crippen molar-refractivity contribution < 1.29 is 14.3 Å². The summed E-state index contributed by atoms with van der Waals surface area (Å²) >= 11 is 1.85. The van der Waals surface area contributed by atoms with E-state index in [1.54, 1.807) is 0 Å². The molecule has 3 unspecified atom stereocenters. The molecule has 0 aromatic carbocycles. The molecule has 104 valence electrons. The Bertz CT molecular complexity index is 294. The van der Waals surface area contributed by atoms with E-state index in [0.29, 0.717) is 0 Å². The minimum atomic E-state index is -0.524. The summed E-state index contributed by atoms with van der Waals surface area (Å²) in [6.07, 6.45) is 4.39. The number of hydrogen-bond donors (Lipinski definition) is 1. The molecule has 18 heavy (non-hydrogen) atoms. The van der Waals surface area contributed by atoms with Gasteiger partial charge in [-0.3, -0.25) is 10.1 Å². The Balaban J connectivity index is 2.01. The van der Waals surface area contributed by atoms with Gasteiger partial charge in [0.15, 0.2) is 0 Å². The number of carbonyl (C=O) groups is 1. The molecule has 2 fully saturated rings.